The van der Waals surface area contributed by atoms with Gasteiger partial charge in [0.15, 0.2) is 11.5 Å². The van der Waals surface area contributed by atoms with Crippen molar-refractivity contribution in [2.45, 2.75) is 12.5 Å². The first-order valence-electron chi connectivity index (χ1n) is 4.36. The molecule has 0 aliphatic rings. The van der Waals surface area contributed by atoms with Gasteiger partial charge in [0.1, 0.15) is 0 Å². The summed E-state index contributed by atoms with van der Waals surface area (Å²) in [5.74, 6) is 0.860. The molecule has 0 aromatic heterocycles. The molecule has 0 saturated carbocycles. The van der Waals surface area contributed by atoms with Gasteiger partial charge in [-0.3, -0.25) is 0 Å². The highest BCUT2D eigenvalue weighted by Crippen LogP contribution is 2.30. The second-order valence-electron chi connectivity index (χ2n) is 2.79. The van der Waals surface area contributed by atoms with E-state index >= 15 is 0 Å². The van der Waals surface area contributed by atoms with E-state index in [-0.39, 0.29) is 5.75 Å². The number of benzene rings is 1. The lowest BCUT2D eigenvalue weighted by Crippen LogP contribution is -1.98. The number of ether oxygens (including phenoxy) is 1. The molecule has 0 unspecified atom stereocenters. The Bertz CT molecular complexity index is 258. The Morgan fingerprint density at radius 3 is 2.85 bits per heavy atom. The number of rotatable bonds is 4. The van der Waals surface area contributed by atoms with Crippen LogP contribution in [0.2, 0.25) is 6.04 Å². The number of halogens is 1. The summed E-state index contributed by atoms with van der Waals surface area (Å²) < 4.78 is 6.44. The van der Waals surface area contributed by atoms with Crippen LogP contribution in [-0.2, 0) is 0 Å². The van der Waals surface area contributed by atoms with E-state index in [4.69, 9.17) is 4.74 Å². The summed E-state index contributed by atoms with van der Waals surface area (Å²) in [4.78, 5) is 0. The summed E-state index contributed by atoms with van der Waals surface area (Å²) in [5.41, 5.74) is 0. The lowest BCUT2D eigenvalue weighted by atomic mass is 10.3. The molecule has 0 amide bonds. The quantitative estimate of drug-likeness (QED) is 0.519. The van der Waals surface area contributed by atoms with Gasteiger partial charge in [-0.1, -0.05) is 12.1 Å². The Balaban J connectivity index is 2.64. The zero-order chi connectivity index (χ0) is 9.68. The van der Waals surface area contributed by atoms with Gasteiger partial charge in [-0.2, -0.15) is 0 Å². The van der Waals surface area contributed by atoms with Crippen LogP contribution in [0.15, 0.2) is 18.2 Å². The molecule has 0 aliphatic carbocycles. The molecule has 0 radical (unpaired) electrons. The molecule has 13 heavy (non-hydrogen) atoms. The van der Waals surface area contributed by atoms with Crippen LogP contribution in [0.4, 0.5) is 0 Å². The average molecular weight is 308 g/mol. The van der Waals surface area contributed by atoms with Gasteiger partial charge >= 0.3 is 0 Å². The molecular formula is C9H13IO2Si. The molecule has 2 nitrogen and oxygen atoms in total. The van der Waals surface area contributed by atoms with Crippen LogP contribution in [0.25, 0.3) is 0 Å². The van der Waals surface area contributed by atoms with E-state index in [1.54, 1.807) is 6.07 Å². The maximum Gasteiger partial charge on any atom is 0.174 e. The third-order valence-electron chi connectivity index (χ3n) is 1.69. The number of phenols is 1. The Labute approximate surface area is 94.9 Å². The minimum Gasteiger partial charge on any atom is -0.504 e. The predicted octanol–water partition coefficient (Wildman–Crippen LogP) is 1.55. The van der Waals surface area contributed by atoms with E-state index in [1.165, 1.54) is 16.3 Å². The first-order valence-corrected chi connectivity index (χ1v) is 6.85. The summed E-state index contributed by atoms with van der Waals surface area (Å²) >= 11 is 2.16. The van der Waals surface area contributed by atoms with Crippen molar-refractivity contribution in [1.29, 1.82) is 0 Å². The highest BCUT2D eigenvalue weighted by Gasteiger charge is 2.05. The van der Waals surface area contributed by atoms with Gasteiger partial charge in [-0.25, -0.2) is 0 Å². The zero-order valence-corrected chi connectivity index (χ0v) is 11.7. The minimum atomic E-state index is 0.236. The van der Waals surface area contributed by atoms with E-state index < -0.39 is 0 Å². The van der Waals surface area contributed by atoms with Crippen LogP contribution in [0.1, 0.15) is 6.42 Å². The fourth-order valence-corrected chi connectivity index (χ4v) is 1.89. The highest BCUT2D eigenvalue weighted by atomic mass is 127. The summed E-state index contributed by atoms with van der Waals surface area (Å²) in [6.45, 7) is 0.705. The lowest BCUT2D eigenvalue weighted by molar-refractivity contribution is 0.297. The molecule has 0 aliphatic heterocycles. The fourth-order valence-electron chi connectivity index (χ4n) is 0.959. The number of hydrogen-bond acceptors (Lipinski definition) is 2. The fraction of sp³-hybridized carbons (Fsp3) is 0.333. The van der Waals surface area contributed by atoms with Gasteiger partial charge in [-0.15, -0.1) is 0 Å². The molecule has 0 heterocycles. The maximum absolute atomic E-state index is 9.47. The first kappa shape index (κ1) is 10.8. The largest absolute Gasteiger partial charge is 0.504 e. The van der Waals surface area contributed by atoms with Crippen LogP contribution >= 0.6 is 22.6 Å². The van der Waals surface area contributed by atoms with Crippen molar-refractivity contribution in [3.8, 4) is 11.5 Å². The normalized spacial score (nSPS) is 10.2. The Morgan fingerprint density at radius 1 is 1.46 bits per heavy atom. The van der Waals surface area contributed by atoms with Crippen molar-refractivity contribution in [2.24, 2.45) is 0 Å². The summed E-state index contributed by atoms with van der Waals surface area (Å²) in [6, 6.07) is 6.63. The van der Waals surface area contributed by atoms with E-state index in [2.05, 4.69) is 22.6 Å². The van der Waals surface area contributed by atoms with Crippen LogP contribution in [0.3, 0.4) is 0 Å². The smallest absolute Gasteiger partial charge is 0.174 e. The number of para-hydroxylation sites is 1. The van der Waals surface area contributed by atoms with Crippen LogP contribution in [0, 0.1) is 3.57 Å². The molecule has 1 rings (SSSR count). The number of phenolic OH excluding ortho intramolecular Hbond substituents is 1. The van der Waals surface area contributed by atoms with Gasteiger partial charge in [0.05, 0.1) is 10.2 Å². The molecule has 0 spiro atoms. The highest BCUT2D eigenvalue weighted by molar-refractivity contribution is 14.1. The molecule has 1 N–H and O–H groups in total. The summed E-state index contributed by atoms with van der Waals surface area (Å²) in [7, 11) is 1.22. The second-order valence-corrected chi connectivity index (χ2v) is 4.95. The van der Waals surface area contributed by atoms with Crippen molar-refractivity contribution in [1.82, 2.24) is 0 Å². The third kappa shape index (κ3) is 3.19. The number of hydrogen-bond donors (Lipinski definition) is 1. The zero-order valence-electron chi connectivity index (χ0n) is 7.59. The number of aromatic hydroxyl groups is 1. The Kier molecular flexibility index (Phi) is 4.58. The Morgan fingerprint density at radius 2 is 2.23 bits per heavy atom. The van der Waals surface area contributed by atoms with Crippen LogP contribution < -0.4 is 4.74 Å². The first-order chi connectivity index (χ1) is 6.25. The van der Waals surface area contributed by atoms with E-state index in [0.29, 0.717) is 12.4 Å². The lowest BCUT2D eigenvalue weighted by Gasteiger charge is -2.08. The van der Waals surface area contributed by atoms with Gasteiger partial charge in [-0.05, 0) is 41.1 Å². The molecule has 1 aromatic rings. The summed E-state index contributed by atoms with van der Waals surface area (Å²) in [5, 5.41) is 9.47. The van der Waals surface area contributed by atoms with Crippen LogP contribution in [-0.4, -0.2) is 22.0 Å². The average Bonchev–Trinajstić information content (AvgIpc) is 2.10. The molecule has 72 valence electrons. The molecular weight excluding hydrogens is 295 g/mol. The molecule has 1 aromatic carbocycles. The van der Waals surface area contributed by atoms with Crippen molar-refractivity contribution in [3.05, 3.63) is 21.8 Å². The van der Waals surface area contributed by atoms with E-state index in [1.807, 2.05) is 12.1 Å². The van der Waals surface area contributed by atoms with Crippen molar-refractivity contribution >= 4 is 32.8 Å². The van der Waals surface area contributed by atoms with E-state index in [0.717, 1.165) is 9.99 Å². The molecule has 0 fully saturated rings. The van der Waals surface area contributed by atoms with Crippen molar-refractivity contribution < 1.29 is 9.84 Å². The molecule has 0 saturated heterocycles. The topological polar surface area (TPSA) is 29.5 Å². The third-order valence-corrected chi connectivity index (χ3v) is 3.25. The predicted molar refractivity (Wildman–Crippen MR) is 65.7 cm³/mol. The molecule has 0 atom stereocenters. The van der Waals surface area contributed by atoms with E-state index in [9.17, 15) is 5.11 Å². The minimum absolute atomic E-state index is 0.236. The molecule has 4 heteroatoms. The summed E-state index contributed by atoms with van der Waals surface area (Å²) in [6.07, 6.45) is 1.08. The SMILES string of the molecule is Oc1cccc(I)c1OCCC[SiH3]. The van der Waals surface area contributed by atoms with Gasteiger partial charge in [0.25, 0.3) is 0 Å². The maximum atomic E-state index is 9.47. The standard InChI is InChI=1S/C9H13IO2Si/c10-7-3-1-4-8(11)9(7)12-5-2-6-13/h1,3-4,11H,2,5-6H2,13H3. The molecule has 0 bridgehead atoms. The van der Waals surface area contributed by atoms with Crippen LogP contribution in [0.5, 0.6) is 11.5 Å². The van der Waals surface area contributed by atoms with Crippen molar-refractivity contribution in [3.63, 3.8) is 0 Å². The van der Waals surface area contributed by atoms with Gasteiger partial charge in [0, 0.05) is 10.2 Å². The van der Waals surface area contributed by atoms with Gasteiger partial charge in [0.2, 0.25) is 0 Å². The van der Waals surface area contributed by atoms with Crippen molar-refractivity contribution in [2.75, 3.05) is 6.61 Å². The Hall–Kier alpha value is -0.233. The second kappa shape index (κ2) is 5.49. The monoisotopic (exact) mass is 308 g/mol. The van der Waals surface area contributed by atoms with Gasteiger partial charge < -0.3 is 9.84 Å².